The summed E-state index contributed by atoms with van der Waals surface area (Å²) < 4.78 is 0. The Morgan fingerprint density at radius 3 is 2.74 bits per heavy atom. The lowest BCUT2D eigenvalue weighted by Gasteiger charge is -2.16. The van der Waals surface area contributed by atoms with Crippen molar-refractivity contribution in [1.29, 1.82) is 0 Å². The number of anilines is 1. The summed E-state index contributed by atoms with van der Waals surface area (Å²) in [6.07, 6.45) is 2.75. The molecule has 4 nitrogen and oxygen atoms in total. The van der Waals surface area contributed by atoms with Crippen molar-refractivity contribution in [2.24, 2.45) is 11.8 Å². The molecule has 1 amide bonds. The Morgan fingerprint density at radius 1 is 1.42 bits per heavy atom. The van der Waals surface area contributed by atoms with Crippen LogP contribution in [0.25, 0.3) is 0 Å². The Balaban J connectivity index is 2.07. The van der Waals surface area contributed by atoms with Crippen molar-refractivity contribution in [2.45, 2.75) is 27.2 Å². The summed E-state index contributed by atoms with van der Waals surface area (Å²) in [5, 5.41) is 3.22. The first-order valence-electron chi connectivity index (χ1n) is 7.11. The molecule has 0 spiro atoms. The number of pyridine rings is 1. The number of carbonyl (C=O) groups excluding carboxylic acids is 1. The predicted molar refractivity (Wildman–Crippen MR) is 77.2 cm³/mol. The number of hydrogen-bond acceptors (Lipinski definition) is 3. The number of amides is 1. The number of likely N-dealkylation sites (tertiary alicyclic amines) is 1. The maximum absolute atomic E-state index is 12.4. The normalized spacial score (nSPS) is 22.6. The number of hydrogen-bond donors (Lipinski definition) is 1. The molecular formula is C15H23N3O. The van der Waals surface area contributed by atoms with E-state index in [2.05, 4.69) is 31.1 Å². The standard InChI is InChI=1S/C15H23N3O/c1-4-6-16-14-8-13(5-7-17-14)15(19)18-9-11(2)12(3)10-18/h5,7-8,11-12H,4,6,9-10H2,1-3H3,(H,16,17). The second kappa shape index (κ2) is 6.04. The third-order valence-electron chi connectivity index (χ3n) is 3.84. The van der Waals surface area contributed by atoms with Crippen molar-refractivity contribution < 1.29 is 4.79 Å². The molecule has 0 saturated carbocycles. The molecule has 0 bridgehead atoms. The third kappa shape index (κ3) is 3.25. The monoisotopic (exact) mass is 261 g/mol. The van der Waals surface area contributed by atoms with Crippen molar-refractivity contribution >= 4 is 11.7 Å². The van der Waals surface area contributed by atoms with Crippen LogP contribution in [0.2, 0.25) is 0 Å². The van der Waals surface area contributed by atoms with E-state index in [0.717, 1.165) is 37.4 Å². The van der Waals surface area contributed by atoms with Gasteiger partial charge in [0.2, 0.25) is 0 Å². The molecule has 2 rings (SSSR count). The zero-order valence-electron chi connectivity index (χ0n) is 12.0. The number of aromatic nitrogens is 1. The van der Waals surface area contributed by atoms with Crippen LogP contribution in [0.1, 0.15) is 37.6 Å². The first kappa shape index (κ1) is 13.8. The highest BCUT2D eigenvalue weighted by Crippen LogP contribution is 2.24. The molecule has 1 fully saturated rings. The highest BCUT2D eigenvalue weighted by molar-refractivity contribution is 5.95. The van der Waals surface area contributed by atoms with E-state index in [4.69, 9.17) is 0 Å². The van der Waals surface area contributed by atoms with Gasteiger partial charge in [0.15, 0.2) is 0 Å². The average molecular weight is 261 g/mol. The van der Waals surface area contributed by atoms with Gasteiger partial charge in [-0.15, -0.1) is 0 Å². The molecule has 1 N–H and O–H groups in total. The van der Waals surface area contributed by atoms with Gasteiger partial charge in [0.1, 0.15) is 5.82 Å². The minimum absolute atomic E-state index is 0.123. The Kier molecular flexibility index (Phi) is 4.40. The summed E-state index contributed by atoms with van der Waals surface area (Å²) in [7, 11) is 0. The van der Waals surface area contributed by atoms with E-state index in [1.165, 1.54) is 0 Å². The van der Waals surface area contributed by atoms with Crippen LogP contribution < -0.4 is 5.32 Å². The van der Waals surface area contributed by atoms with Gasteiger partial charge in [-0.05, 0) is 30.4 Å². The maximum atomic E-state index is 12.4. The van der Waals surface area contributed by atoms with Crippen LogP contribution in [0.3, 0.4) is 0 Å². The highest BCUT2D eigenvalue weighted by Gasteiger charge is 2.29. The molecule has 2 unspecified atom stereocenters. The molecule has 1 aromatic heterocycles. The Hall–Kier alpha value is -1.58. The van der Waals surface area contributed by atoms with Gasteiger partial charge < -0.3 is 10.2 Å². The number of nitrogens with zero attached hydrogens (tertiary/aromatic N) is 2. The lowest BCUT2D eigenvalue weighted by molar-refractivity contribution is 0.0785. The van der Waals surface area contributed by atoms with Gasteiger partial charge in [-0.25, -0.2) is 4.98 Å². The molecule has 1 aliphatic heterocycles. The van der Waals surface area contributed by atoms with Gasteiger partial charge in [-0.2, -0.15) is 0 Å². The summed E-state index contributed by atoms with van der Waals surface area (Å²) in [5.41, 5.74) is 0.731. The summed E-state index contributed by atoms with van der Waals surface area (Å²) in [6, 6.07) is 3.65. The molecule has 0 aliphatic carbocycles. The molecule has 1 saturated heterocycles. The summed E-state index contributed by atoms with van der Waals surface area (Å²) in [4.78, 5) is 18.6. The summed E-state index contributed by atoms with van der Waals surface area (Å²) in [5.74, 6) is 2.08. The highest BCUT2D eigenvalue weighted by atomic mass is 16.2. The number of nitrogens with one attached hydrogen (secondary N) is 1. The molecule has 4 heteroatoms. The van der Waals surface area contributed by atoms with Gasteiger partial charge in [-0.3, -0.25) is 4.79 Å². The van der Waals surface area contributed by atoms with Gasteiger partial charge in [0.05, 0.1) is 0 Å². The van der Waals surface area contributed by atoms with Crippen LogP contribution >= 0.6 is 0 Å². The lowest BCUT2D eigenvalue weighted by Crippen LogP contribution is -2.28. The fraction of sp³-hybridized carbons (Fsp3) is 0.600. The first-order chi connectivity index (χ1) is 9.11. The van der Waals surface area contributed by atoms with Crippen molar-refractivity contribution in [3.05, 3.63) is 23.9 Å². The van der Waals surface area contributed by atoms with Crippen LogP contribution in [0.15, 0.2) is 18.3 Å². The molecule has 104 valence electrons. The second-order valence-corrected chi connectivity index (χ2v) is 5.52. The molecular weight excluding hydrogens is 238 g/mol. The van der Waals surface area contributed by atoms with E-state index in [1.807, 2.05) is 11.0 Å². The SMILES string of the molecule is CCCNc1cc(C(=O)N2CC(C)C(C)C2)ccn1. The maximum Gasteiger partial charge on any atom is 0.254 e. The van der Waals surface area contributed by atoms with Crippen molar-refractivity contribution in [2.75, 3.05) is 25.0 Å². The van der Waals surface area contributed by atoms with E-state index < -0.39 is 0 Å². The van der Waals surface area contributed by atoms with E-state index >= 15 is 0 Å². The van der Waals surface area contributed by atoms with E-state index in [1.54, 1.807) is 12.3 Å². The van der Waals surface area contributed by atoms with Gasteiger partial charge in [-0.1, -0.05) is 20.8 Å². The van der Waals surface area contributed by atoms with E-state index in [-0.39, 0.29) is 5.91 Å². The Morgan fingerprint density at radius 2 is 2.11 bits per heavy atom. The minimum atomic E-state index is 0.123. The fourth-order valence-electron chi connectivity index (χ4n) is 2.39. The summed E-state index contributed by atoms with van der Waals surface area (Å²) in [6.45, 7) is 9.12. The average Bonchev–Trinajstić information content (AvgIpc) is 2.76. The first-order valence-corrected chi connectivity index (χ1v) is 7.11. The van der Waals surface area contributed by atoms with Gasteiger partial charge >= 0.3 is 0 Å². The smallest absolute Gasteiger partial charge is 0.254 e. The molecule has 1 aromatic rings. The molecule has 2 atom stereocenters. The van der Waals surface area contributed by atoms with Gasteiger partial charge in [0, 0.05) is 31.4 Å². The zero-order chi connectivity index (χ0) is 13.8. The predicted octanol–water partition coefficient (Wildman–Crippen LogP) is 2.63. The largest absolute Gasteiger partial charge is 0.370 e. The Bertz CT molecular complexity index is 437. The minimum Gasteiger partial charge on any atom is -0.370 e. The Labute approximate surface area is 115 Å². The quantitative estimate of drug-likeness (QED) is 0.906. The molecule has 19 heavy (non-hydrogen) atoms. The fourth-order valence-corrected chi connectivity index (χ4v) is 2.39. The van der Waals surface area contributed by atoms with Crippen LogP contribution in [0.5, 0.6) is 0 Å². The third-order valence-corrected chi connectivity index (χ3v) is 3.84. The van der Waals surface area contributed by atoms with Crippen LogP contribution in [0.4, 0.5) is 5.82 Å². The van der Waals surface area contributed by atoms with E-state index in [0.29, 0.717) is 11.8 Å². The summed E-state index contributed by atoms with van der Waals surface area (Å²) >= 11 is 0. The van der Waals surface area contributed by atoms with Gasteiger partial charge in [0.25, 0.3) is 5.91 Å². The molecule has 0 radical (unpaired) electrons. The van der Waals surface area contributed by atoms with Crippen molar-refractivity contribution in [3.63, 3.8) is 0 Å². The van der Waals surface area contributed by atoms with Crippen LogP contribution in [-0.2, 0) is 0 Å². The lowest BCUT2D eigenvalue weighted by atomic mass is 10.0. The zero-order valence-corrected chi connectivity index (χ0v) is 12.0. The molecule has 0 aromatic carbocycles. The molecule has 2 heterocycles. The van der Waals surface area contributed by atoms with Crippen LogP contribution in [-0.4, -0.2) is 35.4 Å². The van der Waals surface area contributed by atoms with Crippen molar-refractivity contribution in [1.82, 2.24) is 9.88 Å². The van der Waals surface area contributed by atoms with Crippen LogP contribution in [0, 0.1) is 11.8 Å². The second-order valence-electron chi connectivity index (χ2n) is 5.52. The molecule has 1 aliphatic rings. The topological polar surface area (TPSA) is 45.2 Å². The number of carbonyl (C=O) groups is 1. The van der Waals surface area contributed by atoms with E-state index in [9.17, 15) is 4.79 Å². The number of rotatable bonds is 4. The van der Waals surface area contributed by atoms with Crippen molar-refractivity contribution in [3.8, 4) is 0 Å².